The zero-order valence-corrected chi connectivity index (χ0v) is 26.5. The third-order valence-corrected chi connectivity index (χ3v) is 8.39. The summed E-state index contributed by atoms with van der Waals surface area (Å²) in [6.45, 7) is 0. The van der Waals surface area contributed by atoms with Crippen LogP contribution in [0.5, 0.6) is 17.2 Å². The van der Waals surface area contributed by atoms with Crippen molar-refractivity contribution in [1.29, 1.82) is 5.26 Å². The van der Waals surface area contributed by atoms with Gasteiger partial charge in [0.15, 0.2) is 0 Å². The van der Waals surface area contributed by atoms with Crippen LogP contribution in [0.2, 0.25) is 0 Å². The van der Waals surface area contributed by atoms with Crippen LogP contribution in [-0.2, 0) is 5.31 Å². The van der Waals surface area contributed by atoms with Gasteiger partial charge in [0.05, 0.1) is 32.7 Å². The quantitative estimate of drug-likeness (QED) is 0.156. The summed E-state index contributed by atoms with van der Waals surface area (Å²) in [5.41, 5.74) is 9.09. The van der Waals surface area contributed by atoms with Gasteiger partial charge >= 0.3 is 0 Å². The maximum Gasteiger partial charge on any atom is 0.118 e. The second-order valence-electron chi connectivity index (χ2n) is 11.1. The number of ether oxygens (including phenoxy) is 3. The summed E-state index contributed by atoms with van der Waals surface area (Å²) in [4.78, 5) is 0. The molecule has 5 nitrogen and oxygen atoms in total. The molecule has 0 aliphatic rings. The van der Waals surface area contributed by atoms with Crippen molar-refractivity contribution in [1.82, 2.24) is 0 Å². The maximum atomic E-state index is 10.7. The van der Waals surface area contributed by atoms with Crippen molar-refractivity contribution in [2.75, 3.05) is 26.6 Å². The summed E-state index contributed by atoms with van der Waals surface area (Å²) >= 11 is 0. The fourth-order valence-electron chi connectivity index (χ4n) is 5.62. The monoisotopic (exact) mass is 612 g/mol. The average Bonchev–Trinajstić information content (AvgIpc) is 3.15. The van der Waals surface area contributed by atoms with Crippen LogP contribution in [0.25, 0.3) is 33.4 Å². The van der Waals surface area contributed by atoms with Crippen molar-refractivity contribution in [2.45, 2.75) is 5.31 Å². The molecule has 0 heterocycles. The van der Waals surface area contributed by atoms with Crippen LogP contribution in [0.3, 0.4) is 0 Å². The van der Waals surface area contributed by atoms with Gasteiger partial charge in [0.2, 0.25) is 0 Å². The van der Waals surface area contributed by atoms with Crippen LogP contribution in [0.1, 0.15) is 11.1 Å². The van der Waals surface area contributed by atoms with Gasteiger partial charge in [-0.2, -0.15) is 5.26 Å². The first-order chi connectivity index (χ1) is 22.9. The highest BCUT2D eigenvalue weighted by Gasteiger charge is 2.31. The molecule has 1 atom stereocenters. The second-order valence-corrected chi connectivity index (χ2v) is 11.1. The van der Waals surface area contributed by atoms with E-state index in [1.807, 2.05) is 127 Å². The third-order valence-electron chi connectivity index (χ3n) is 8.39. The molecular formula is C41H33BN2O3. The summed E-state index contributed by atoms with van der Waals surface area (Å²) in [5, 5.41) is 12.8. The van der Waals surface area contributed by atoms with E-state index in [2.05, 4.69) is 23.5 Å². The number of rotatable bonds is 10. The summed E-state index contributed by atoms with van der Waals surface area (Å²) < 4.78 is 16.0. The predicted octanol–water partition coefficient (Wildman–Crippen LogP) is 9.39. The van der Waals surface area contributed by atoms with E-state index in [-0.39, 0.29) is 0 Å². The molecule has 0 amide bonds. The van der Waals surface area contributed by atoms with Crippen molar-refractivity contribution < 1.29 is 14.2 Å². The zero-order chi connectivity index (χ0) is 32.8. The van der Waals surface area contributed by atoms with E-state index in [1.165, 1.54) is 0 Å². The molecule has 6 rings (SSSR count). The van der Waals surface area contributed by atoms with Gasteiger partial charge in [0.25, 0.3) is 0 Å². The smallest absolute Gasteiger partial charge is 0.118 e. The molecule has 0 aromatic heterocycles. The minimum Gasteiger partial charge on any atom is -0.497 e. The van der Waals surface area contributed by atoms with E-state index in [9.17, 15) is 5.26 Å². The molecule has 0 saturated carbocycles. The van der Waals surface area contributed by atoms with E-state index in [1.54, 1.807) is 21.3 Å². The van der Waals surface area contributed by atoms with Gasteiger partial charge in [-0.3, -0.25) is 0 Å². The van der Waals surface area contributed by atoms with E-state index in [0.29, 0.717) is 11.1 Å². The molecule has 0 fully saturated rings. The number of anilines is 2. The number of nitrogens with zero attached hydrogens (tertiary/aromatic N) is 1. The fourth-order valence-corrected chi connectivity index (χ4v) is 5.62. The van der Waals surface area contributed by atoms with Crippen LogP contribution in [0, 0.1) is 11.3 Å². The van der Waals surface area contributed by atoms with Crippen molar-refractivity contribution >= 4 is 19.2 Å². The topological polar surface area (TPSA) is 63.5 Å². The Kier molecular flexibility index (Phi) is 8.99. The van der Waals surface area contributed by atoms with Gasteiger partial charge in [0.1, 0.15) is 25.1 Å². The highest BCUT2D eigenvalue weighted by Crippen LogP contribution is 2.39. The lowest BCUT2D eigenvalue weighted by molar-refractivity contribution is 0.415. The number of hydrogen-bond donors (Lipinski definition) is 1. The lowest BCUT2D eigenvalue weighted by Gasteiger charge is -2.28. The molecule has 228 valence electrons. The number of nitriles is 1. The molecule has 6 aromatic rings. The summed E-state index contributed by atoms with van der Waals surface area (Å²) in [6.07, 6.45) is 0. The first-order valence-corrected chi connectivity index (χ1v) is 15.2. The van der Waals surface area contributed by atoms with E-state index in [4.69, 9.17) is 22.1 Å². The van der Waals surface area contributed by atoms with Crippen LogP contribution >= 0.6 is 0 Å². The normalized spacial score (nSPS) is 12.0. The summed E-state index contributed by atoms with van der Waals surface area (Å²) in [6, 6.07) is 48.1. The number of hydrogen-bond acceptors (Lipinski definition) is 5. The van der Waals surface area contributed by atoms with Gasteiger partial charge in [-0.15, -0.1) is 0 Å². The zero-order valence-electron chi connectivity index (χ0n) is 26.5. The number of benzene rings is 6. The Labute approximate surface area is 277 Å². The molecule has 0 spiro atoms. The Morgan fingerprint density at radius 3 is 1.28 bits per heavy atom. The Bertz CT molecular complexity index is 2000. The molecule has 0 aliphatic carbocycles. The maximum absolute atomic E-state index is 10.7. The lowest BCUT2D eigenvalue weighted by atomic mass is 9.60. The lowest BCUT2D eigenvalue weighted by Crippen LogP contribution is -2.27. The molecule has 0 bridgehead atoms. The van der Waals surface area contributed by atoms with Gasteiger partial charge in [-0.05, 0) is 105 Å². The molecule has 1 unspecified atom stereocenters. The largest absolute Gasteiger partial charge is 0.497 e. The van der Waals surface area contributed by atoms with Gasteiger partial charge in [-0.25, -0.2) is 0 Å². The van der Waals surface area contributed by atoms with Crippen LogP contribution in [0.15, 0.2) is 140 Å². The van der Waals surface area contributed by atoms with Crippen molar-refractivity contribution in [3.63, 3.8) is 0 Å². The Morgan fingerprint density at radius 1 is 0.511 bits per heavy atom. The highest BCUT2D eigenvalue weighted by molar-refractivity contribution is 6.21. The van der Waals surface area contributed by atoms with Crippen LogP contribution in [0.4, 0.5) is 11.4 Å². The Balaban J connectivity index is 1.37. The Hall–Kier alpha value is -5.93. The molecule has 0 saturated heterocycles. The molecule has 2 radical (unpaired) electrons. The SMILES string of the molecule is [B]C(C#N)(c1ccc(-c2ccc(OC)cc2)cc1)c1cc(-c2ccc(OC)cc2)ccc1Nc1ccc(-c2ccc(OC)cc2)cc1. The van der Waals surface area contributed by atoms with Crippen molar-refractivity contribution in [2.24, 2.45) is 0 Å². The first kappa shape index (κ1) is 31.1. The van der Waals surface area contributed by atoms with Crippen LogP contribution < -0.4 is 19.5 Å². The molecule has 6 aromatic carbocycles. The van der Waals surface area contributed by atoms with Gasteiger partial charge in [-0.1, -0.05) is 78.9 Å². The van der Waals surface area contributed by atoms with Gasteiger partial charge in [0, 0.05) is 11.4 Å². The third kappa shape index (κ3) is 6.56. The standard InChI is InChI=1S/C41H33BN2O3/c1-45-36-19-8-30(9-20-36)28-4-15-34(16-5-28)41(42,27-43)39-26-33(32-12-23-38(47-3)24-13-32)14-25-40(39)44-35-17-6-29(7-18-35)31-10-21-37(46-2)22-11-31/h4-26,44H,1-3H3. The van der Waals surface area contributed by atoms with E-state index in [0.717, 1.165) is 62.0 Å². The predicted molar refractivity (Wildman–Crippen MR) is 191 cm³/mol. The summed E-state index contributed by atoms with van der Waals surface area (Å²) in [5.74, 6) is 2.38. The van der Waals surface area contributed by atoms with Crippen LogP contribution in [-0.4, -0.2) is 29.2 Å². The second kappa shape index (κ2) is 13.6. The molecule has 47 heavy (non-hydrogen) atoms. The molecule has 0 aliphatic heterocycles. The number of nitrogens with one attached hydrogen (secondary N) is 1. The Morgan fingerprint density at radius 2 is 0.872 bits per heavy atom. The minimum atomic E-state index is -1.45. The highest BCUT2D eigenvalue weighted by atomic mass is 16.5. The first-order valence-electron chi connectivity index (χ1n) is 15.2. The fraction of sp³-hybridized carbons (Fsp3) is 0.0976. The summed E-state index contributed by atoms with van der Waals surface area (Å²) in [7, 11) is 12.0. The molecule has 6 heteroatoms. The van der Waals surface area contributed by atoms with Crippen molar-refractivity contribution in [3.8, 4) is 56.7 Å². The van der Waals surface area contributed by atoms with E-state index < -0.39 is 5.31 Å². The molecule has 1 N–H and O–H groups in total. The average molecular weight is 613 g/mol. The minimum absolute atomic E-state index is 0.657. The van der Waals surface area contributed by atoms with Gasteiger partial charge < -0.3 is 19.5 Å². The molecular weight excluding hydrogens is 579 g/mol. The van der Waals surface area contributed by atoms with Crippen molar-refractivity contribution in [3.05, 3.63) is 151 Å². The van der Waals surface area contributed by atoms with E-state index >= 15 is 0 Å². The number of methoxy groups -OCH3 is 3.